The van der Waals surface area contributed by atoms with Gasteiger partial charge in [-0.2, -0.15) is 0 Å². The van der Waals surface area contributed by atoms with Crippen LogP contribution in [0.2, 0.25) is 0 Å². The first-order valence-corrected chi connectivity index (χ1v) is 17.4. The molecule has 4 rings (SSSR count). The van der Waals surface area contributed by atoms with Crippen LogP contribution in [0.25, 0.3) is 0 Å². The van der Waals surface area contributed by atoms with E-state index in [1.54, 1.807) is 0 Å². The number of guanidine groups is 2. The summed E-state index contributed by atoms with van der Waals surface area (Å²) in [5.74, 6) is 1.15. The van der Waals surface area contributed by atoms with E-state index in [2.05, 4.69) is 129 Å². The Bertz CT molecular complexity index is 1230. The molecule has 4 aromatic rings. The molecule has 0 atom stereocenters. The van der Waals surface area contributed by atoms with Crippen LogP contribution in [0.4, 0.5) is 0 Å². The summed E-state index contributed by atoms with van der Waals surface area (Å²) in [5, 5.41) is 36.6. The molecule has 0 aliphatic carbocycles. The first kappa shape index (κ1) is 36.2. The molecule has 0 unspecified atom stereocenters. The summed E-state index contributed by atoms with van der Waals surface area (Å²) in [7, 11) is 0. The van der Waals surface area contributed by atoms with E-state index in [0.717, 1.165) is 65.0 Å². The van der Waals surface area contributed by atoms with E-state index in [9.17, 15) is 0 Å². The second kappa shape index (κ2) is 22.0. The molecule has 4 aromatic carbocycles. The highest BCUT2D eigenvalue weighted by Crippen LogP contribution is 2.24. The van der Waals surface area contributed by atoms with E-state index in [0.29, 0.717) is 25.0 Å². The molecular formula is C40H54N8. The van der Waals surface area contributed by atoms with Crippen LogP contribution in [-0.2, 0) is 0 Å². The predicted octanol–water partition coefficient (Wildman–Crippen LogP) is 5.62. The summed E-state index contributed by atoms with van der Waals surface area (Å²) < 4.78 is 0. The maximum atomic E-state index is 8.31. The molecule has 0 aromatic heterocycles. The van der Waals surface area contributed by atoms with Crippen LogP contribution in [0.5, 0.6) is 0 Å². The van der Waals surface area contributed by atoms with Crippen molar-refractivity contribution in [1.29, 1.82) is 10.8 Å². The van der Waals surface area contributed by atoms with Gasteiger partial charge in [0.05, 0.1) is 0 Å². The Labute approximate surface area is 287 Å². The monoisotopic (exact) mass is 646 g/mol. The van der Waals surface area contributed by atoms with Crippen LogP contribution < -0.4 is 31.9 Å². The largest absolute Gasteiger partial charge is 0.357 e. The van der Waals surface area contributed by atoms with Gasteiger partial charge in [-0.05, 0) is 74.1 Å². The molecule has 0 bridgehead atoms. The lowest BCUT2D eigenvalue weighted by atomic mass is 9.91. The minimum Gasteiger partial charge on any atom is -0.357 e. The average molecular weight is 647 g/mol. The predicted molar refractivity (Wildman–Crippen MR) is 201 cm³/mol. The summed E-state index contributed by atoms with van der Waals surface area (Å²) in [4.78, 5) is 0. The SMILES string of the molecule is N=C(NCCCNCCCCNCCCNC(=N)NCC(c1ccccc1)c1ccccc1)NCC(c1ccccc1)c1ccccc1. The van der Waals surface area contributed by atoms with Crippen LogP contribution in [0.1, 0.15) is 59.8 Å². The molecule has 48 heavy (non-hydrogen) atoms. The fourth-order valence-electron chi connectivity index (χ4n) is 5.73. The zero-order chi connectivity index (χ0) is 33.5. The van der Waals surface area contributed by atoms with Crippen molar-refractivity contribution in [2.24, 2.45) is 0 Å². The van der Waals surface area contributed by atoms with Crippen molar-refractivity contribution >= 4 is 11.9 Å². The number of benzene rings is 4. The van der Waals surface area contributed by atoms with Gasteiger partial charge in [-0.25, -0.2) is 0 Å². The Kier molecular flexibility index (Phi) is 16.6. The van der Waals surface area contributed by atoms with Gasteiger partial charge in [0.1, 0.15) is 0 Å². The Balaban J connectivity index is 0.954. The highest BCUT2D eigenvalue weighted by atomic mass is 15.1. The molecule has 0 spiro atoms. The maximum absolute atomic E-state index is 8.31. The molecule has 0 fully saturated rings. The Morgan fingerprint density at radius 2 is 0.667 bits per heavy atom. The number of rotatable bonds is 21. The van der Waals surface area contributed by atoms with E-state index >= 15 is 0 Å². The Morgan fingerprint density at radius 1 is 0.375 bits per heavy atom. The fraction of sp³-hybridized carbons (Fsp3) is 0.350. The second-order valence-corrected chi connectivity index (χ2v) is 12.0. The van der Waals surface area contributed by atoms with Gasteiger partial charge in [-0.15, -0.1) is 0 Å². The molecule has 0 aliphatic rings. The lowest BCUT2D eigenvalue weighted by Gasteiger charge is -2.20. The molecule has 0 saturated heterocycles. The van der Waals surface area contributed by atoms with Crippen molar-refractivity contribution in [3.05, 3.63) is 144 Å². The molecule has 0 radical (unpaired) electrons. The van der Waals surface area contributed by atoms with Gasteiger partial charge >= 0.3 is 0 Å². The van der Waals surface area contributed by atoms with Gasteiger partial charge < -0.3 is 31.9 Å². The van der Waals surface area contributed by atoms with Crippen molar-refractivity contribution in [2.45, 2.75) is 37.5 Å². The van der Waals surface area contributed by atoms with Crippen molar-refractivity contribution in [1.82, 2.24) is 31.9 Å². The quantitative estimate of drug-likeness (QED) is 0.0338. The van der Waals surface area contributed by atoms with E-state index in [4.69, 9.17) is 10.8 Å². The van der Waals surface area contributed by atoms with Crippen LogP contribution >= 0.6 is 0 Å². The molecule has 0 aliphatic heterocycles. The van der Waals surface area contributed by atoms with Gasteiger partial charge in [-0.3, -0.25) is 10.8 Å². The first-order valence-electron chi connectivity index (χ1n) is 17.4. The van der Waals surface area contributed by atoms with Crippen LogP contribution in [0.3, 0.4) is 0 Å². The van der Waals surface area contributed by atoms with Gasteiger partial charge in [0.15, 0.2) is 11.9 Å². The third-order valence-electron chi connectivity index (χ3n) is 8.40. The summed E-state index contributed by atoms with van der Waals surface area (Å²) in [6.07, 6.45) is 4.21. The smallest absolute Gasteiger partial charge is 0.188 e. The van der Waals surface area contributed by atoms with Crippen molar-refractivity contribution < 1.29 is 0 Å². The fourth-order valence-corrected chi connectivity index (χ4v) is 5.73. The molecule has 8 nitrogen and oxygen atoms in total. The number of nitrogens with one attached hydrogen (secondary N) is 8. The van der Waals surface area contributed by atoms with Crippen molar-refractivity contribution in [2.75, 3.05) is 52.4 Å². The minimum absolute atomic E-state index is 0.198. The third kappa shape index (κ3) is 13.6. The molecule has 0 amide bonds. The van der Waals surface area contributed by atoms with Crippen molar-refractivity contribution in [3.8, 4) is 0 Å². The third-order valence-corrected chi connectivity index (χ3v) is 8.40. The zero-order valence-electron chi connectivity index (χ0n) is 28.2. The normalized spacial score (nSPS) is 11.0. The average Bonchev–Trinajstić information content (AvgIpc) is 3.13. The van der Waals surface area contributed by atoms with Crippen LogP contribution in [0, 0.1) is 10.8 Å². The standard InChI is InChI=1S/C40H54N8/c41-39(47-31-37(33-17-5-1-6-18-33)34-19-7-2-8-20-34)45-29-15-27-43-25-13-14-26-44-28-16-30-46-40(42)48-32-38(35-21-9-3-10-22-35)36-23-11-4-12-24-36/h1-12,17-24,37-38,43-44H,13-16,25-32H2,(H3,41,45,47)(H3,42,46,48). The molecule has 8 N–H and O–H groups in total. The first-order chi connectivity index (χ1) is 23.7. The number of hydrogen-bond donors (Lipinski definition) is 8. The summed E-state index contributed by atoms with van der Waals surface area (Å²) in [6.45, 7) is 6.77. The van der Waals surface area contributed by atoms with E-state index in [1.807, 2.05) is 24.3 Å². The topological polar surface area (TPSA) is 120 Å². The molecule has 254 valence electrons. The number of hydrogen-bond acceptors (Lipinski definition) is 4. The van der Waals surface area contributed by atoms with E-state index < -0.39 is 0 Å². The Morgan fingerprint density at radius 3 is 0.979 bits per heavy atom. The molecular weight excluding hydrogens is 592 g/mol. The van der Waals surface area contributed by atoms with E-state index in [-0.39, 0.29) is 11.8 Å². The maximum Gasteiger partial charge on any atom is 0.188 e. The van der Waals surface area contributed by atoms with Gasteiger partial charge in [-0.1, -0.05) is 121 Å². The van der Waals surface area contributed by atoms with Gasteiger partial charge in [0.2, 0.25) is 0 Å². The lowest BCUT2D eigenvalue weighted by molar-refractivity contribution is 0.562. The van der Waals surface area contributed by atoms with Crippen LogP contribution in [-0.4, -0.2) is 64.3 Å². The summed E-state index contributed by atoms with van der Waals surface area (Å²) in [6, 6.07) is 41.9. The minimum atomic E-state index is 0.198. The van der Waals surface area contributed by atoms with Crippen molar-refractivity contribution in [3.63, 3.8) is 0 Å². The van der Waals surface area contributed by atoms with Gasteiger partial charge in [0, 0.05) is 38.0 Å². The second-order valence-electron chi connectivity index (χ2n) is 12.0. The summed E-state index contributed by atoms with van der Waals surface area (Å²) in [5.41, 5.74) is 4.99. The van der Waals surface area contributed by atoms with E-state index in [1.165, 1.54) is 22.3 Å². The Hall–Kier alpha value is -4.66. The summed E-state index contributed by atoms with van der Waals surface area (Å²) >= 11 is 0. The highest BCUT2D eigenvalue weighted by molar-refractivity contribution is 5.76. The molecule has 0 heterocycles. The highest BCUT2D eigenvalue weighted by Gasteiger charge is 2.15. The zero-order valence-corrected chi connectivity index (χ0v) is 28.2. The lowest BCUT2D eigenvalue weighted by Crippen LogP contribution is -2.39. The van der Waals surface area contributed by atoms with Gasteiger partial charge in [0.25, 0.3) is 0 Å². The molecule has 8 heteroatoms. The van der Waals surface area contributed by atoms with Crippen LogP contribution in [0.15, 0.2) is 121 Å². The molecule has 0 saturated carbocycles. The number of unbranched alkanes of at least 4 members (excludes halogenated alkanes) is 1.